The zero-order valence-electron chi connectivity index (χ0n) is 11.0. The molecule has 0 aromatic heterocycles. The van der Waals surface area contributed by atoms with Crippen molar-refractivity contribution in [3.8, 4) is 0 Å². The molecule has 3 rings (SSSR count). The van der Waals surface area contributed by atoms with Crippen LogP contribution >= 0.6 is 0 Å². The SMILES string of the molecule is C1CCC(C2CCCCC23OCCCO3)CC1. The van der Waals surface area contributed by atoms with Crippen LogP contribution < -0.4 is 0 Å². The van der Waals surface area contributed by atoms with Crippen LogP contribution in [0.5, 0.6) is 0 Å². The van der Waals surface area contributed by atoms with Crippen LogP contribution in [0.3, 0.4) is 0 Å². The first-order valence-corrected chi connectivity index (χ1v) is 7.69. The highest BCUT2D eigenvalue weighted by Gasteiger charge is 2.47. The van der Waals surface area contributed by atoms with Gasteiger partial charge in [0.15, 0.2) is 5.79 Å². The Bertz CT molecular complexity index is 231. The fourth-order valence-corrected chi connectivity index (χ4v) is 4.22. The minimum absolute atomic E-state index is 0.168. The summed E-state index contributed by atoms with van der Waals surface area (Å²) in [6.07, 6.45) is 13.4. The molecule has 2 aliphatic carbocycles. The van der Waals surface area contributed by atoms with Gasteiger partial charge >= 0.3 is 0 Å². The van der Waals surface area contributed by atoms with E-state index in [1.54, 1.807) is 0 Å². The predicted molar refractivity (Wildman–Crippen MR) is 67.8 cm³/mol. The smallest absolute Gasteiger partial charge is 0.171 e. The minimum atomic E-state index is -0.168. The van der Waals surface area contributed by atoms with Crippen LogP contribution in [0.2, 0.25) is 0 Å². The summed E-state index contributed by atoms with van der Waals surface area (Å²) >= 11 is 0. The third-order valence-electron chi connectivity index (χ3n) is 5.06. The van der Waals surface area contributed by atoms with Crippen molar-refractivity contribution in [2.24, 2.45) is 11.8 Å². The molecule has 1 atom stereocenters. The Kier molecular flexibility index (Phi) is 3.72. The summed E-state index contributed by atoms with van der Waals surface area (Å²) in [5, 5.41) is 0. The van der Waals surface area contributed by atoms with Crippen LogP contribution in [0.4, 0.5) is 0 Å². The van der Waals surface area contributed by atoms with Gasteiger partial charge in [0.1, 0.15) is 0 Å². The van der Waals surface area contributed by atoms with E-state index in [0.717, 1.165) is 32.0 Å². The first-order chi connectivity index (χ1) is 8.41. The molecule has 1 spiro atoms. The summed E-state index contributed by atoms with van der Waals surface area (Å²) < 4.78 is 12.3. The third kappa shape index (κ3) is 2.39. The Labute approximate surface area is 105 Å². The summed E-state index contributed by atoms with van der Waals surface area (Å²) in [6, 6.07) is 0. The monoisotopic (exact) mass is 238 g/mol. The molecule has 2 heteroatoms. The molecule has 1 unspecified atom stereocenters. The molecule has 2 saturated carbocycles. The van der Waals surface area contributed by atoms with Crippen LogP contribution in [0.25, 0.3) is 0 Å². The van der Waals surface area contributed by atoms with Crippen LogP contribution in [0.15, 0.2) is 0 Å². The molecule has 0 aromatic carbocycles. The largest absolute Gasteiger partial charge is 0.350 e. The van der Waals surface area contributed by atoms with Crippen molar-refractivity contribution in [1.29, 1.82) is 0 Å². The maximum atomic E-state index is 6.15. The van der Waals surface area contributed by atoms with Gasteiger partial charge in [0, 0.05) is 12.3 Å². The van der Waals surface area contributed by atoms with Crippen molar-refractivity contribution < 1.29 is 9.47 Å². The molecule has 0 amide bonds. The lowest BCUT2D eigenvalue weighted by molar-refractivity contribution is -0.314. The lowest BCUT2D eigenvalue weighted by Gasteiger charge is -2.49. The van der Waals surface area contributed by atoms with E-state index < -0.39 is 0 Å². The fourth-order valence-electron chi connectivity index (χ4n) is 4.22. The second kappa shape index (κ2) is 5.27. The van der Waals surface area contributed by atoms with E-state index in [1.165, 1.54) is 51.4 Å². The molecule has 98 valence electrons. The number of ether oxygens (including phenoxy) is 2. The fraction of sp³-hybridized carbons (Fsp3) is 1.00. The molecule has 3 aliphatic rings. The Morgan fingerprint density at radius 1 is 0.706 bits per heavy atom. The van der Waals surface area contributed by atoms with Gasteiger partial charge in [-0.25, -0.2) is 0 Å². The summed E-state index contributed by atoms with van der Waals surface area (Å²) in [7, 11) is 0. The van der Waals surface area contributed by atoms with Gasteiger partial charge in [-0.2, -0.15) is 0 Å². The van der Waals surface area contributed by atoms with Gasteiger partial charge in [-0.05, 0) is 38.0 Å². The molecule has 0 bridgehead atoms. The van der Waals surface area contributed by atoms with Gasteiger partial charge in [-0.3, -0.25) is 0 Å². The Morgan fingerprint density at radius 3 is 2.18 bits per heavy atom. The van der Waals surface area contributed by atoms with Crippen molar-refractivity contribution >= 4 is 0 Å². The van der Waals surface area contributed by atoms with Gasteiger partial charge in [0.2, 0.25) is 0 Å². The molecule has 1 saturated heterocycles. The van der Waals surface area contributed by atoms with Crippen LogP contribution in [-0.2, 0) is 9.47 Å². The topological polar surface area (TPSA) is 18.5 Å². The second-order valence-corrected chi connectivity index (χ2v) is 6.11. The molecule has 0 aromatic rings. The molecular weight excluding hydrogens is 212 g/mol. The van der Waals surface area contributed by atoms with Crippen LogP contribution in [0, 0.1) is 11.8 Å². The van der Waals surface area contributed by atoms with Gasteiger partial charge in [0.05, 0.1) is 13.2 Å². The van der Waals surface area contributed by atoms with E-state index >= 15 is 0 Å². The van der Waals surface area contributed by atoms with Crippen molar-refractivity contribution in [1.82, 2.24) is 0 Å². The summed E-state index contributed by atoms with van der Waals surface area (Å²) in [4.78, 5) is 0. The van der Waals surface area contributed by atoms with Crippen molar-refractivity contribution in [3.05, 3.63) is 0 Å². The summed E-state index contributed by atoms with van der Waals surface area (Å²) in [5.41, 5.74) is 0. The van der Waals surface area contributed by atoms with E-state index in [4.69, 9.17) is 9.47 Å². The Morgan fingerprint density at radius 2 is 1.41 bits per heavy atom. The first-order valence-electron chi connectivity index (χ1n) is 7.69. The Balaban J connectivity index is 1.73. The van der Waals surface area contributed by atoms with Gasteiger partial charge in [0.25, 0.3) is 0 Å². The highest BCUT2D eigenvalue weighted by atomic mass is 16.7. The zero-order chi connectivity index (χ0) is 11.6. The predicted octanol–water partition coefficient (Wildman–Crippen LogP) is 3.89. The first kappa shape index (κ1) is 12.0. The molecule has 1 aliphatic heterocycles. The van der Waals surface area contributed by atoms with E-state index in [1.807, 2.05) is 0 Å². The highest BCUT2D eigenvalue weighted by Crippen LogP contribution is 2.47. The molecule has 3 fully saturated rings. The van der Waals surface area contributed by atoms with Crippen molar-refractivity contribution in [3.63, 3.8) is 0 Å². The van der Waals surface area contributed by atoms with Crippen LogP contribution in [0.1, 0.15) is 64.2 Å². The maximum Gasteiger partial charge on any atom is 0.171 e. The van der Waals surface area contributed by atoms with Gasteiger partial charge in [-0.15, -0.1) is 0 Å². The quantitative estimate of drug-likeness (QED) is 0.690. The molecule has 0 radical (unpaired) electrons. The third-order valence-corrected chi connectivity index (χ3v) is 5.06. The van der Waals surface area contributed by atoms with E-state index in [9.17, 15) is 0 Å². The lowest BCUT2D eigenvalue weighted by Crippen LogP contribution is -2.51. The van der Waals surface area contributed by atoms with Crippen molar-refractivity contribution in [2.75, 3.05) is 13.2 Å². The molecule has 17 heavy (non-hydrogen) atoms. The normalized spacial score (nSPS) is 34.9. The number of hydrogen-bond acceptors (Lipinski definition) is 2. The van der Waals surface area contributed by atoms with E-state index in [0.29, 0.717) is 5.92 Å². The second-order valence-electron chi connectivity index (χ2n) is 6.11. The average molecular weight is 238 g/mol. The number of hydrogen-bond donors (Lipinski definition) is 0. The summed E-state index contributed by atoms with van der Waals surface area (Å²) in [5.74, 6) is 1.40. The molecular formula is C15H26O2. The van der Waals surface area contributed by atoms with Crippen LogP contribution in [-0.4, -0.2) is 19.0 Å². The zero-order valence-corrected chi connectivity index (χ0v) is 11.0. The molecule has 1 heterocycles. The van der Waals surface area contributed by atoms with Gasteiger partial charge < -0.3 is 9.47 Å². The van der Waals surface area contributed by atoms with E-state index in [2.05, 4.69) is 0 Å². The molecule has 2 nitrogen and oxygen atoms in total. The van der Waals surface area contributed by atoms with E-state index in [-0.39, 0.29) is 5.79 Å². The number of rotatable bonds is 1. The minimum Gasteiger partial charge on any atom is -0.350 e. The maximum absolute atomic E-state index is 6.15. The molecule has 0 N–H and O–H groups in total. The average Bonchev–Trinajstić information content (AvgIpc) is 2.41. The standard InChI is InChI=1S/C15H26O2/c1-2-7-13(8-3-1)14-9-4-5-10-15(14)16-11-6-12-17-15/h13-14H,1-12H2. The lowest BCUT2D eigenvalue weighted by atomic mass is 9.70. The van der Waals surface area contributed by atoms with Gasteiger partial charge in [-0.1, -0.05) is 25.7 Å². The Hall–Kier alpha value is -0.0800. The van der Waals surface area contributed by atoms with Crippen molar-refractivity contribution in [2.45, 2.75) is 70.0 Å². The summed E-state index contributed by atoms with van der Waals surface area (Å²) in [6.45, 7) is 1.84. The highest BCUT2D eigenvalue weighted by molar-refractivity contribution is 4.90.